The molecule has 2 fully saturated rings. The van der Waals surface area contributed by atoms with E-state index in [1.807, 2.05) is 31.2 Å². The molecular weight excluding hydrogens is 1160 g/mol. The summed E-state index contributed by atoms with van der Waals surface area (Å²) < 4.78 is 48.3. The molecule has 1 aliphatic heterocycles. The molecule has 0 spiro atoms. The van der Waals surface area contributed by atoms with Gasteiger partial charge >= 0.3 is 0 Å². The molecule has 4 atom stereocenters. The van der Waals surface area contributed by atoms with Crippen LogP contribution in [0.1, 0.15) is 102 Å². The summed E-state index contributed by atoms with van der Waals surface area (Å²) in [6.45, 7) is 9.18. The number of likely N-dealkylation sites (tertiary alicyclic amines) is 1. The molecule has 3 heterocycles. The van der Waals surface area contributed by atoms with Gasteiger partial charge in [-0.3, -0.25) is 33.6 Å². The summed E-state index contributed by atoms with van der Waals surface area (Å²) in [5.74, 6) is -3.22. The van der Waals surface area contributed by atoms with Gasteiger partial charge in [-0.1, -0.05) is 68.4 Å². The van der Waals surface area contributed by atoms with Gasteiger partial charge in [0.15, 0.2) is 23.7 Å². The molecule has 2 aliphatic carbocycles. The van der Waals surface area contributed by atoms with Gasteiger partial charge in [0.05, 0.1) is 86.6 Å². The first-order valence-electron chi connectivity index (χ1n) is 29.4. The number of aryl methyl sites for hydroxylation is 2. The second-order valence-electron chi connectivity index (χ2n) is 22.9. The van der Waals surface area contributed by atoms with E-state index in [2.05, 4.69) is 42.8 Å². The number of phenolic OH excluding ortho intramolecular Hbond substituents is 1. The number of rotatable bonds is 32. The highest BCUT2D eigenvalue weighted by atomic mass is 32.1. The van der Waals surface area contributed by atoms with Gasteiger partial charge in [0.1, 0.15) is 23.6 Å². The second-order valence-corrected chi connectivity index (χ2v) is 23.8. The monoisotopic (exact) mass is 1240 g/mol. The van der Waals surface area contributed by atoms with Gasteiger partial charge in [-0.2, -0.15) is 0 Å². The summed E-state index contributed by atoms with van der Waals surface area (Å²) in [4.78, 5) is 99.6. The standard InChI is InChI=1S/C62H78FN9O15S/c1-38-54(88-37-67-38)41-10-11-42(34-66-57(78)48-32-43(73)35-72(48)59(80)55(61(2,3)4)69-60(81)62(63)17-18-62)50(31-41)86-36-53(76)65-20-23-83-25-27-85-29-28-84-26-24-82-22-16-52(75)64-19-21-71(5)58(79)45-14-12-40(30-49(45)74)51-33-47(70-87-51)56(77)68-46-15-13-39-8-6-7-9-44(39)46/h6-12,14,30-31,33,37,43,46,48,55,73-74H,13,15-29,32,34-36H2,1-5H3,(H,64,75)(H,65,76)(H,66,78)(H,68,77)(H,69,81)/t43-,46-,48+,55?/m1/s1. The van der Waals surface area contributed by atoms with E-state index in [1.54, 1.807) is 51.5 Å². The van der Waals surface area contributed by atoms with Crippen molar-refractivity contribution >= 4 is 52.7 Å². The summed E-state index contributed by atoms with van der Waals surface area (Å²) >= 11 is 1.44. The molecule has 8 rings (SSSR count). The highest BCUT2D eigenvalue weighted by molar-refractivity contribution is 7.13. The number of hydrogen-bond donors (Lipinski definition) is 7. The van der Waals surface area contributed by atoms with Crippen molar-refractivity contribution in [2.45, 2.75) is 103 Å². The number of aliphatic hydroxyl groups excluding tert-OH is 1. The molecular formula is C62H78FN9O15S. The number of alkyl halides is 1. The maximum atomic E-state index is 14.7. The molecule has 3 aromatic carbocycles. The second kappa shape index (κ2) is 30.8. The molecule has 0 bridgehead atoms. The first kappa shape index (κ1) is 66.1. The summed E-state index contributed by atoms with van der Waals surface area (Å²) in [5, 5.41) is 39.2. The number of thiazole rings is 1. The Labute approximate surface area is 513 Å². The zero-order valence-corrected chi connectivity index (χ0v) is 51.0. The molecule has 7 amide bonds. The number of nitrogens with one attached hydrogen (secondary N) is 5. The average molecular weight is 1240 g/mol. The molecule has 1 saturated carbocycles. The van der Waals surface area contributed by atoms with Crippen molar-refractivity contribution in [1.82, 2.24) is 46.5 Å². The fourth-order valence-corrected chi connectivity index (χ4v) is 10.8. The molecule has 24 nitrogen and oxygen atoms in total. The van der Waals surface area contributed by atoms with Gasteiger partial charge in [0.25, 0.3) is 23.6 Å². The highest BCUT2D eigenvalue weighted by Crippen LogP contribution is 2.41. The zero-order valence-electron chi connectivity index (χ0n) is 50.2. The van der Waals surface area contributed by atoms with Crippen LogP contribution in [-0.2, 0) is 55.9 Å². The minimum atomic E-state index is -2.01. The Balaban J connectivity index is 0.644. The molecule has 26 heteroatoms. The van der Waals surface area contributed by atoms with Crippen LogP contribution >= 0.6 is 11.3 Å². The summed E-state index contributed by atoms with van der Waals surface area (Å²) in [6.07, 6.45) is 0.883. The predicted molar refractivity (Wildman–Crippen MR) is 320 cm³/mol. The number of benzene rings is 3. The Hall–Kier alpha value is -7.88. The Kier molecular flexibility index (Phi) is 23.2. The fraction of sp³-hybridized carbons (Fsp3) is 0.500. The maximum Gasteiger partial charge on any atom is 0.273 e. The third-order valence-corrected chi connectivity index (χ3v) is 16.2. The normalized spacial score (nSPS) is 16.9. The van der Waals surface area contributed by atoms with E-state index < -0.39 is 58.8 Å². The van der Waals surface area contributed by atoms with Crippen LogP contribution in [0.4, 0.5) is 4.39 Å². The lowest BCUT2D eigenvalue weighted by molar-refractivity contribution is -0.145. The average Bonchev–Trinajstić information content (AvgIpc) is 3.32. The van der Waals surface area contributed by atoms with E-state index in [4.69, 9.17) is 28.2 Å². The van der Waals surface area contributed by atoms with Crippen LogP contribution in [0.15, 0.2) is 76.8 Å². The summed E-state index contributed by atoms with van der Waals surface area (Å²) in [7, 11) is 1.56. The number of carbonyl (C=O) groups is 7. The summed E-state index contributed by atoms with van der Waals surface area (Å²) in [5.41, 5.74) is 3.89. The van der Waals surface area contributed by atoms with Gasteiger partial charge in [0, 0.05) is 69.8 Å². The lowest BCUT2D eigenvalue weighted by atomic mass is 9.85. The molecule has 2 aromatic heterocycles. The van der Waals surface area contributed by atoms with Crippen LogP contribution in [-0.4, -0.2) is 188 Å². The maximum absolute atomic E-state index is 14.7. The minimum Gasteiger partial charge on any atom is -0.507 e. The third-order valence-electron chi connectivity index (χ3n) is 15.2. The number of halogens is 1. The van der Waals surface area contributed by atoms with E-state index in [1.165, 1.54) is 44.9 Å². The Bertz CT molecular complexity index is 3260. The van der Waals surface area contributed by atoms with Crippen molar-refractivity contribution < 1.29 is 76.4 Å². The number of fused-ring (bicyclic) bond motifs is 1. The van der Waals surface area contributed by atoms with Gasteiger partial charge in [-0.05, 0) is 72.9 Å². The van der Waals surface area contributed by atoms with Crippen molar-refractivity contribution in [2.75, 3.05) is 92.7 Å². The van der Waals surface area contributed by atoms with Crippen LogP contribution in [0, 0.1) is 12.3 Å². The topological polar surface area (TPSA) is 312 Å². The SMILES string of the molecule is Cc1ncsc1-c1ccc(CNC(=O)[C@@H]2C[C@@H](O)CN2C(=O)C(NC(=O)C2(F)CC2)C(C)(C)C)c(OCC(=O)NCCOCCOCCOCCOCCC(=O)NCCN(C)C(=O)c2ccc(-c3cc(C(=O)N[C@@H]4CCc5ccccc54)no3)cc2O)c1. The van der Waals surface area contributed by atoms with Gasteiger partial charge in [0.2, 0.25) is 17.7 Å². The Morgan fingerprint density at radius 2 is 1.56 bits per heavy atom. The number of likely N-dealkylation sites (N-methyl/N-ethyl adjacent to an activating group) is 1. The van der Waals surface area contributed by atoms with Gasteiger partial charge in [-0.25, -0.2) is 9.37 Å². The lowest BCUT2D eigenvalue weighted by Crippen LogP contribution is -2.59. The number of nitrogens with zero attached hydrogens (tertiary/aromatic N) is 4. The quantitative estimate of drug-likeness (QED) is 0.0295. The first-order chi connectivity index (χ1) is 42.2. The smallest absolute Gasteiger partial charge is 0.273 e. The van der Waals surface area contributed by atoms with Crippen molar-refractivity contribution in [2.24, 2.45) is 5.41 Å². The van der Waals surface area contributed by atoms with E-state index >= 15 is 0 Å². The van der Waals surface area contributed by atoms with Gasteiger partial charge in [-0.15, -0.1) is 11.3 Å². The number of carbonyl (C=O) groups excluding carboxylic acids is 7. The molecule has 5 aromatic rings. The largest absolute Gasteiger partial charge is 0.507 e. The van der Waals surface area contributed by atoms with Crippen LogP contribution in [0.2, 0.25) is 0 Å². The van der Waals surface area contributed by atoms with E-state index in [-0.39, 0.29) is 139 Å². The Morgan fingerprint density at radius 1 is 0.864 bits per heavy atom. The van der Waals surface area contributed by atoms with E-state index in [9.17, 15) is 48.2 Å². The summed E-state index contributed by atoms with van der Waals surface area (Å²) in [6, 6.07) is 16.9. The number of β-amino-alcohol motifs (C(OH)–C–C–N with tert-alkyl or cyclic N) is 1. The van der Waals surface area contributed by atoms with Gasteiger partial charge < -0.3 is 74.8 Å². The van der Waals surface area contributed by atoms with Crippen molar-refractivity contribution in [3.63, 3.8) is 0 Å². The molecule has 1 saturated heterocycles. The fourth-order valence-electron chi connectivity index (χ4n) is 10.0. The zero-order chi connectivity index (χ0) is 63.0. The number of aliphatic hydroxyl groups is 1. The third kappa shape index (κ3) is 18.1. The molecule has 3 aliphatic rings. The number of ether oxygens (including phenoxy) is 5. The van der Waals surface area contributed by atoms with Crippen LogP contribution < -0.4 is 31.3 Å². The van der Waals surface area contributed by atoms with Crippen molar-refractivity contribution in [3.8, 4) is 33.3 Å². The predicted octanol–water partition coefficient (Wildman–Crippen LogP) is 4.35. The van der Waals surface area contributed by atoms with Crippen molar-refractivity contribution in [1.29, 1.82) is 0 Å². The molecule has 7 N–H and O–H groups in total. The number of aromatic hydroxyl groups is 1. The van der Waals surface area contributed by atoms with Crippen LogP contribution in [0.3, 0.4) is 0 Å². The molecule has 88 heavy (non-hydrogen) atoms. The van der Waals surface area contributed by atoms with E-state index in [0.29, 0.717) is 36.7 Å². The number of aromatic nitrogens is 2. The van der Waals surface area contributed by atoms with E-state index in [0.717, 1.165) is 34.5 Å². The molecule has 0 radical (unpaired) electrons. The number of hydrogen-bond acceptors (Lipinski definition) is 18. The number of phenols is 1. The molecule has 1 unspecified atom stereocenters. The minimum absolute atomic E-state index is 0.0393. The van der Waals surface area contributed by atoms with Crippen LogP contribution in [0.5, 0.6) is 11.5 Å². The Morgan fingerprint density at radius 3 is 2.25 bits per heavy atom. The number of amides is 7. The first-order valence-corrected chi connectivity index (χ1v) is 30.3. The van der Waals surface area contributed by atoms with Crippen molar-refractivity contribution in [3.05, 3.63) is 106 Å². The molecule has 474 valence electrons. The lowest BCUT2D eigenvalue weighted by Gasteiger charge is -2.35. The van der Waals surface area contributed by atoms with Crippen LogP contribution in [0.25, 0.3) is 21.8 Å². The highest BCUT2D eigenvalue weighted by Gasteiger charge is 2.53.